The van der Waals surface area contributed by atoms with E-state index in [1.807, 2.05) is 11.3 Å². The standard InChI is InChI=1S/C12H21BrN2S/c1-10-11(2)16-12(14-10)9-15(3)8-6-4-5-7-13/h4-9H2,1-3H3. The highest BCUT2D eigenvalue weighted by molar-refractivity contribution is 9.09. The molecular formula is C12H21BrN2S. The van der Waals surface area contributed by atoms with Crippen molar-refractivity contribution in [2.45, 2.75) is 39.7 Å². The molecule has 0 aliphatic heterocycles. The molecule has 1 aromatic heterocycles. The minimum absolute atomic E-state index is 0.994. The molecule has 0 atom stereocenters. The monoisotopic (exact) mass is 304 g/mol. The molecule has 92 valence electrons. The van der Waals surface area contributed by atoms with E-state index in [-0.39, 0.29) is 0 Å². The molecule has 1 heterocycles. The van der Waals surface area contributed by atoms with Crippen LogP contribution in [0.3, 0.4) is 0 Å². The third-order valence-corrected chi connectivity index (χ3v) is 4.27. The molecular weight excluding hydrogens is 284 g/mol. The minimum atomic E-state index is 0.994. The maximum atomic E-state index is 4.56. The molecule has 0 aliphatic rings. The van der Waals surface area contributed by atoms with Gasteiger partial charge in [0.05, 0.1) is 12.2 Å². The van der Waals surface area contributed by atoms with Crippen LogP contribution in [0, 0.1) is 13.8 Å². The van der Waals surface area contributed by atoms with Gasteiger partial charge in [-0.2, -0.15) is 0 Å². The fraction of sp³-hybridized carbons (Fsp3) is 0.750. The van der Waals surface area contributed by atoms with Crippen molar-refractivity contribution in [3.05, 3.63) is 15.6 Å². The van der Waals surface area contributed by atoms with Crippen LogP contribution in [-0.2, 0) is 6.54 Å². The summed E-state index contributed by atoms with van der Waals surface area (Å²) in [5, 5.41) is 2.37. The van der Waals surface area contributed by atoms with E-state index in [4.69, 9.17) is 0 Å². The van der Waals surface area contributed by atoms with Crippen molar-refractivity contribution in [2.24, 2.45) is 0 Å². The van der Waals surface area contributed by atoms with Crippen molar-refractivity contribution in [1.29, 1.82) is 0 Å². The number of alkyl halides is 1. The summed E-state index contributed by atoms with van der Waals surface area (Å²) in [5.41, 5.74) is 1.19. The summed E-state index contributed by atoms with van der Waals surface area (Å²) in [6.45, 7) is 6.40. The highest BCUT2D eigenvalue weighted by atomic mass is 79.9. The van der Waals surface area contributed by atoms with Crippen molar-refractivity contribution in [3.8, 4) is 0 Å². The van der Waals surface area contributed by atoms with Crippen LogP contribution < -0.4 is 0 Å². The third kappa shape index (κ3) is 4.93. The van der Waals surface area contributed by atoms with Crippen LogP contribution in [0.15, 0.2) is 0 Å². The summed E-state index contributed by atoms with van der Waals surface area (Å²) in [6.07, 6.45) is 3.88. The molecule has 0 N–H and O–H groups in total. The largest absolute Gasteiger partial charge is 0.300 e. The fourth-order valence-electron chi connectivity index (χ4n) is 1.57. The molecule has 0 amide bonds. The van der Waals surface area contributed by atoms with E-state index in [1.54, 1.807) is 0 Å². The first-order valence-corrected chi connectivity index (χ1v) is 7.74. The minimum Gasteiger partial charge on any atom is -0.300 e. The van der Waals surface area contributed by atoms with Gasteiger partial charge in [-0.1, -0.05) is 22.4 Å². The van der Waals surface area contributed by atoms with E-state index >= 15 is 0 Å². The Morgan fingerprint density at radius 3 is 2.56 bits per heavy atom. The molecule has 16 heavy (non-hydrogen) atoms. The SMILES string of the molecule is Cc1nc(CN(C)CCCCCBr)sc1C. The van der Waals surface area contributed by atoms with Gasteiger partial charge in [-0.05, 0) is 40.3 Å². The first-order chi connectivity index (χ1) is 7.63. The Morgan fingerprint density at radius 1 is 1.25 bits per heavy atom. The average Bonchev–Trinajstić information content (AvgIpc) is 2.53. The third-order valence-electron chi connectivity index (χ3n) is 2.65. The Bertz CT molecular complexity index is 292. The second-order valence-corrected chi connectivity index (χ2v) is 6.32. The molecule has 0 radical (unpaired) electrons. The van der Waals surface area contributed by atoms with E-state index in [0.717, 1.165) is 11.9 Å². The first-order valence-electron chi connectivity index (χ1n) is 5.81. The van der Waals surface area contributed by atoms with E-state index in [2.05, 4.69) is 46.7 Å². The van der Waals surface area contributed by atoms with Crippen LogP contribution in [0.1, 0.15) is 34.8 Å². The molecule has 2 nitrogen and oxygen atoms in total. The van der Waals surface area contributed by atoms with Crippen molar-refractivity contribution in [3.63, 3.8) is 0 Å². The van der Waals surface area contributed by atoms with E-state index in [0.29, 0.717) is 0 Å². The first kappa shape index (κ1) is 14.1. The molecule has 0 unspecified atom stereocenters. The summed E-state index contributed by atoms with van der Waals surface area (Å²) in [5.74, 6) is 0. The van der Waals surface area contributed by atoms with Gasteiger partial charge in [-0.15, -0.1) is 11.3 Å². The Kier molecular flexibility index (Phi) is 6.54. The van der Waals surface area contributed by atoms with Crippen LogP contribution in [0.25, 0.3) is 0 Å². The van der Waals surface area contributed by atoms with Crippen LogP contribution in [0.2, 0.25) is 0 Å². The lowest BCUT2D eigenvalue weighted by atomic mass is 10.2. The Hall–Kier alpha value is 0.0700. The van der Waals surface area contributed by atoms with Crippen molar-refractivity contribution in [2.75, 3.05) is 18.9 Å². The number of aryl methyl sites for hydroxylation is 2. The maximum Gasteiger partial charge on any atom is 0.107 e. The van der Waals surface area contributed by atoms with Crippen LogP contribution in [0.4, 0.5) is 0 Å². The molecule has 1 rings (SSSR count). The number of aromatic nitrogens is 1. The molecule has 0 aromatic carbocycles. The summed E-state index contributed by atoms with van der Waals surface area (Å²) in [7, 11) is 2.18. The molecule has 0 saturated heterocycles. The van der Waals surface area contributed by atoms with Gasteiger partial charge >= 0.3 is 0 Å². The number of rotatable bonds is 7. The fourth-order valence-corrected chi connectivity index (χ4v) is 2.98. The topological polar surface area (TPSA) is 16.1 Å². The Morgan fingerprint density at radius 2 is 2.00 bits per heavy atom. The lowest BCUT2D eigenvalue weighted by molar-refractivity contribution is 0.318. The predicted octanol–water partition coefficient (Wildman–Crippen LogP) is 3.76. The molecule has 0 spiro atoms. The number of thiazole rings is 1. The lowest BCUT2D eigenvalue weighted by Gasteiger charge is -2.14. The van der Waals surface area contributed by atoms with Gasteiger partial charge in [0, 0.05) is 10.2 Å². The summed E-state index contributed by atoms with van der Waals surface area (Å²) in [4.78, 5) is 8.28. The number of halogens is 1. The van der Waals surface area contributed by atoms with Gasteiger partial charge in [0.1, 0.15) is 5.01 Å². The Labute approximate surface area is 111 Å². The molecule has 0 bridgehead atoms. The van der Waals surface area contributed by atoms with Crippen LogP contribution in [0.5, 0.6) is 0 Å². The quantitative estimate of drug-likeness (QED) is 0.563. The molecule has 0 saturated carbocycles. The van der Waals surface area contributed by atoms with Crippen LogP contribution >= 0.6 is 27.3 Å². The highest BCUT2D eigenvalue weighted by Crippen LogP contribution is 2.17. The van der Waals surface area contributed by atoms with Gasteiger partial charge in [-0.3, -0.25) is 4.90 Å². The van der Waals surface area contributed by atoms with Crippen molar-refractivity contribution < 1.29 is 0 Å². The molecule has 0 fully saturated rings. The second-order valence-electron chi connectivity index (χ2n) is 4.24. The normalized spacial score (nSPS) is 11.3. The van der Waals surface area contributed by atoms with Gasteiger partial charge in [0.15, 0.2) is 0 Å². The van der Waals surface area contributed by atoms with Gasteiger partial charge in [0.25, 0.3) is 0 Å². The predicted molar refractivity (Wildman–Crippen MR) is 75.6 cm³/mol. The number of nitrogens with zero attached hydrogens (tertiary/aromatic N) is 2. The number of unbranched alkanes of at least 4 members (excludes halogenated alkanes) is 2. The van der Waals surface area contributed by atoms with Crippen LogP contribution in [-0.4, -0.2) is 28.8 Å². The van der Waals surface area contributed by atoms with E-state index in [9.17, 15) is 0 Å². The maximum absolute atomic E-state index is 4.56. The van der Waals surface area contributed by atoms with Crippen molar-refractivity contribution >= 4 is 27.3 Å². The second kappa shape index (κ2) is 7.41. The van der Waals surface area contributed by atoms with E-state index in [1.165, 1.54) is 41.4 Å². The molecule has 0 aliphatic carbocycles. The van der Waals surface area contributed by atoms with Gasteiger partial charge in [-0.25, -0.2) is 4.98 Å². The number of hydrogen-bond donors (Lipinski definition) is 0. The van der Waals surface area contributed by atoms with Gasteiger partial charge < -0.3 is 0 Å². The average molecular weight is 305 g/mol. The summed E-state index contributed by atoms with van der Waals surface area (Å²) >= 11 is 5.29. The molecule has 4 heteroatoms. The number of hydrogen-bond acceptors (Lipinski definition) is 3. The Balaban J connectivity index is 2.25. The summed E-state index contributed by atoms with van der Waals surface area (Å²) < 4.78 is 0. The van der Waals surface area contributed by atoms with Gasteiger partial charge in [0.2, 0.25) is 0 Å². The van der Waals surface area contributed by atoms with E-state index < -0.39 is 0 Å². The lowest BCUT2D eigenvalue weighted by Crippen LogP contribution is -2.18. The smallest absolute Gasteiger partial charge is 0.107 e. The zero-order valence-corrected chi connectivity index (χ0v) is 12.8. The highest BCUT2D eigenvalue weighted by Gasteiger charge is 2.06. The molecule has 1 aromatic rings. The zero-order chi connectivity index (χ0) is 12.0. The zero-order valence-electron chi connectivity index (χ0n) is 10.4. The van der Waals surface area contributed by atoms with Crippen molar-refractivity contribution in [1.82, 2.24) is 9.88 Å². The summed E-state index contributed by atoms with van der Waals surface area (Å²) in [6, 6.07) is 0.